The van der Waals surface area contributed by atoms with Gasteiger partial charge in [-0.1, -0.05) is 0 Å². The number of ether oxygens (including phenoxy) is 1. The lowest BCUT2D eigenvalue weighted by molar-refractivity contribution is -0.147. The normalized spacial score (nSPS) is 11.5. The molecule has 0 spiro atoms. The number of amides is 2. The predicted octanol–water partition coefficient (Wildman–Crippen LogP) is -2.56. The van der Waals surface area contributed by atoms with Crippen LogP contribution >= 0.6 is 0 Å². The summed E-state index contributed by atoms with van der Waals surface area (Å²) >= 11 is 0. The topological polar surface area (TPSA) is 125 Å². The van der Waals surface area contributed by atoms with E-state index in [1.54, 1.807) is 0 Å². The van der Waals surface area contributed by atoms with Gasteiger partial charge in [0, 0.05) is 0 Å². The molecule has 0 unspecified atom stereocenters. The fraction of sp³-hybridized carbons (Fsp3) is 0.500. The largest absolute Gasteiger partial charge is 0.443 e. The maximum absolute atomic E-state index is 10.8. The average molecular weight is 189 g/mol. The summed E-state index contributed by atoms with van der Waals surface area (Å²) < 4.78 is 4.43. The van der Waals surface area contributed by atoms with E-state index in [1.165, 1.54) is 0 Å². The molecule has 0 aromatic rings. The molecule has 0 aliphatic rings. The molecule has 0 saturated carbocycles. The van der Waals surface area contributed by atoms with Crippen molar-refractivity contribution in [3.05, 3.63) is 0 Å². The van der Waals surface area contributed by atoms with Gasteiger partial charge < -0.3 is 21.5 Å². The monoisotopic (exact) mass is 189 g/mol. The Bertz CT molecular complexity index is 206. The number of carbonyl (C=O) groups excluding carboxylic acids is 3. The zero-order valence-electron chi connectivity index (χ0n) is 6.86. The SMILES string of the molecule is NC(=O)C[C@H](N)C(=O)OCNC=O. The molecular weight excluding hydrogens is 178 g/mol. The first-order chi connectivity index (χ1) is 6.07. The lowest BCUT2D eigenvalue weighted by Crippen LogP contribution is -2.37. The highest BCUT2D eigenvalue weighted by atomic mass is 16.5. The van der Waals surface area contributed by atoms with Crippen molar-refractivity contribution in [3.63, 3.8) is 0 Å². The molecule has 7 heteroatoms. The molecule has 7 nitrogen and oxygen atoms in total. The van der Waals surface area contributed by atoms with E-state index in [0.29, 0.717) is 6.41 Å². The fourth-order valence-corrected chi connectivity index (χ4v) is 0.554. The molecule has 0 aliphatic carbocycles. The van der Waals surface area contributed by atoms with Crippen LogP contribution in [0.25, 0.3) is 0 Å². The third-order valence-corrected chi connectivity index (χ3v) is 1.10. The summed E-state index contributed by atoms with van der Waals surface area (Å²) in [5.41, 5.74) is 10.00. The first kappa shape index (κ1) is 11.4. The highest BCUT2D eigenvalue weighted by molar-refractivity contribution is 5.84. The van der Waals surface area contributed by atoms with Crippen LogP contribution in [0.2, 0.25) is 0 Å². The second kappa shape index (κ2) is 5.95. The van der Waals surface area contributed by atoms with Gasteiger partial charge in [0.25, 0.3) is 0 Å². The van der Waals surface area contributed by atoms with Gasteiger partial charge in [-0.25, -0.2) is 0 Å². The van der Waals surface area contributed by atoms with E-state index in [1.807, 2.05) is 0 Å². The fourth-order valence-electron chi connectivity index (χ4n) is 0.554. The molecule has 74 valence electrons. The van der Waals surface area contributed by atoms with Crippen LogP contribution in [0.1, 0.15) is 6.42 Å². The van der Waals surface area contributed by atoms with Crippen LogP contribution < -0.4 is 16.8 Å². The Morgan fingerprint density at radius 2 is 2.15 bits per heavy atom. The highest BCUT2D eigenvalue weighted by Gasteiger charge is 2.16. The van der Waals surface area contributed by atoms with E-state index in [9.17, 15) is 14.4 Å². The van der Waals surface area contributed by atoms with Crippen molar-refractivity contribution < 1.29 is 19.1 Å². The van der Waals surface area contributed by atoms with Gasteiger partial charge in [0.1, 0.15) is 6.04 Å². The van der Waals surface area contributed by atoms with Crippen LogP contribution in [0.5, 0.6) is 0 Å². The molecule has 0 aromatic carbocycles. The molecule has 2 amide bonds. The van der Waals surface area contributed by atoms with E-state index >= 15 is 0 Å². The summed E-state index contributed by atoms with van der Waals surface area (Å²) in [4.78, 5) is 30.9. The van der Waals surface area contributed by atoms with E-state index in [2.05, 4.69) is 10.1 Å². The van der Waals surface area contributed by atoms with Gasteiger partial charge in [-0.15, -0.1) is 0 Å². The number of carbonyl (C=O) groups is 3. The van der Waals surface area contributed by atoms with Crippen molar-refractivity contribution in [3.8, 4) is 0 Å². The van der Waals surface area contributed by atoms with Gasteiger partial charge in [0.2, 0.25) is 12.3 Å². The van der Waals surface area contributed by atoms with E-state index < -0.39 is 17.9 Å². The number of primary amides is 1. The predicted molar refractivity (Wildman–Crippen MR) is 41.9 cm³/mol. The number of rotatable bonds is 6. The van der Waals surface area contributed by atoms with Crippen molar-refractivity contribution in [1.29, 1.82) is 0 Å². The molecule has 0 fully saturated rings. The molecule has 0 bridgehead atoms. The molecule has 0 aliphatic heterocycles. The van der Waals surface area contributed by atoms with Gasteiger partial charge in [0.15, 0.2) is 6.73 Å². The first-order valence-electron chi connectivity index (χ1n) is 3.45. The number of hydrogen-bond acceptors (Lipinski definition) is 5. The summed E-state index contributed by atoms with van der Waals surface area (Å²) in [6, 6.07) is -1.08. The standard InChI is InChI=1S/C6H11N3O4/c7-4(1-5(8)11)6(12)13-3-9-2-10/h2,4H,1,3,7H2,(H2,8,11)(H,9,10)/t4-/m0/s1. The Hall–Kier alpha value is -1.63. The maximum Gasteiger partial charge on any atom is 0.325 e. The minimum absolute atomic E-state index is 0.269. The van der Waals surface area contributed by atoms with Crippen molar-refractivity contribution in [2.75, 3.05) is 6.73 Å². The van der Waals surface area contributed by atoms with E-state index in [-0.39, 0.29) is 13.2 Å². The van der Waals surface area contributed by atoms with Gasteiger partial charge in [0.05, 0.1) is 6.42 Å². The molecular formula is C6H11N3O4. The second-order valence-corrected chi connectivity index (χ2v) is 2.21. The van der Waals surface area contributed by atoms with Crippen molar-refractivity contribution >= 4 is 18.3 Å². The van der Waals surface area contributed by atoms with E-state index in [0.717, 1.165) is 0 Å². The van der Waals surface area contributed by atoms with Crippen LogP contribution in [0.15, 0.2) is 0 Å². The lowest BCUT2D eigenvalue weighted by Gasteiger charge is -2.08. The smallest absolute Gasteiger partial charge is 0.325 e. The summed E-state index contributed by atoms with van der Waals surface area (Å²) in [7, 11) is 0. The van der Waals surface area contributed by atoms with Gasteiger partial charge in [-0.3, -0.25) is 14.4 Å². The Morgan fingerprint density at radius 3 is 2.62 bits per heavy atom. The first-order valence-corrected chi connectivity index (χ1v) is 3.45. The quantitative estimate of drug-likeness (QED) is 0.183. The molecule has 0 saturated heterocycles. The Balaban J connectivity index is 3.69. The average Bonchev–Trinajstić information content (AvgIpc) is 2.03. The number of nitrogens with two attached hydrogens (primary N) is 2. The molecule has 0 aromatic heterocycles. The molecule has 0 heterocycles. The van der Waals surface area contributed by atoms with Gasteiger partial charge >= 0.3 is 5.97 Å². The van der Waals surface area contributed by atoms with Crippen LogP contribution in [0.4, 0.5) is 0 Å². The third-order valence-electron chi connectivity index (χ3n) is 1.10. The van der Waals surface area contributed by atoms with Crippen LogP contribution in [0, 0.1) is 0 Å². The second-order valence-electron chi connectivity index (χ2n) is 2.21. The summed E-state index contributed by atoms with van der Waals surface area (Å²) in [6.45, 7) is -0.269. The van der Waals surface area contributed by atoms with E-state index in [4.69, 9.17) is 11.5 Å². The summed E-state index contributed by atoms with van der Waals surface area (Å²) in [5, 5.41) is 2.09. The zero-order valence-corrected chi connectivity index (χ0v) is 6.86. The number of hydrogen-bond donors (Lipinski definition) is 3. The molecule has 5 N–H and O–H groups in total. The molecule has 13 heavy (non-hydrogen) atoms. The van der Waals surface area contributed by atoms with Crippen LogP contribution in [-0.4, -0.2) is 31.1 Å². The van der Waals surface area contributed by atoms with Crippen molar-refractivity contribution in [2.24, 2.45) is 11.5 Å². The highest BCUT2D eigenvalue weighted by Crippen LogP contribution is 1.89. The Labute approximate surface area is 74.4 Å². The van der Waals surface area contributed by atoms with Gasteiger partial charge in [-0.2, -0.15) is 0 Å². The molecule has 0 rings (SSSR count). The van der Waals surface area contributed by atoms with Crippen LogP contribution in [0.3, 0.4) is 0 Å². The number of esters is 1. The molecule has 0 radical (unpaired) electrons. The molecule has 1 atom stereocenters. The maximum atomic E-state index is 10.8. The lowest BCUT2D eigenvalue weighted by atomic mass is 10.2. The van der Waals surface area contributed by atoms with Crippen molar-refractivity contribution in [2.45, 2.75) is 12.5 Å². The summed E-state index contributed by atoms with van der Waals surface area (Å²) in [6.07, 6.45) is 0.0901. The van der Waals surface area contributed by atoms with Crippen LogP contribution in [-0.2, 0) is 19.1 Å². The number of nitrogens with one attached hydrogen (secondary N) is 1. The zero-order chi connectivity index (χ0) is 10.3. The van der Waals surface area contributed by atoms with Gasteiger partial charge in [-0.05, 0) is 0 Å². The summed E-state index contributed by atoms with van der Waals surface area (Å²) in [5.74, 6) is -1.47. The Kier molecular flexibility index (Phi) is 5.20. The van der Waals surface area contributed by atoms with Crippen molar-refractivity contribution in [1.82, 2.24) is 5.32 Å². The minimum atomic E-state index is -1.08. The minimum Gasteiger partial charge on any atom is -0.443 e. The Morgan fingerprint density at radius 1 is 1.54 bits per heavy atom. The third kappa shape index (κ3) is 5.62.